The highest BCUT2D eigenvalue weighted by Gasteiger charge is 2.08. The lowest BCUT2D eigenvalue weighted by Crippen LogP contribution is -2.22. The van der Waals surface area contributed by atoms with Gasteiger partial charge in [0.05, 0.1) is 10.9 Å². The first-order valence-electron chi connectivity index (χ1n) is 6.60. The monoisotopic (exact) mass is 310 g/mol. The fourth-order valence-corrected chi connectivity index (χ4v) is 2.98. The maximum atomic E-state index is 5.93. The maximum Gasteiger partial charge on any atom is 0.225 e. The minimum absolute atomic E-state index is 0.176. The van der Waals surface area contributed by atoms with Crippen molar-refractivity contribution in [3.8, 4) is 0 Å². The molecule has 0 saturated heterocycles. The van der Waals surface area contributed by atoms with Gasteiger partial charge in [-0.2, -0.15) is 0 Å². The van der Waals surface area contributed by atoms with Gasteiger partial charge in [-0.05, 0) is 30.5 Å². The molecule has 0 aromatic carbocycles. The smallest absolute Gasteiger partial charge is 0.225 e. The van der Waals surface area contributed by atoms with E-state index in [-0.39, 0.29) is 6.04 Å². The van der Waals surface area contributed by atoms with Crippen LogP contribution < -0.4 is 10.6 Å². The Balaban J connectivity index is 1.98. The van der Waals surface area contributed by atoms with Crippen LogP contribution in [0.15, 0.2) is 24.5 Å². The van der Waals surface area contributed by atoms with Crippen LogP contribution >= 0.6 is 22.9 Å². The lowest BCUT2D eigenvalue weighted by atomic mass is 10.1. The summed E-state index contributed by atoms with van der Waals surface area (Å²) >= 11 is 7.51. The number of rotatable bonds is 6. The molecule has 0 bridgehead atoms. The topological polar surface area (TPSA) is 55.0 Å². The van der Waals surface area contributed by atoms with Gasteiger partial charge in [0.15, 0.2) is 0 Å². The molecule has 20 heavy (non-hydrogen) atoms. The molecule has 4 nitrogen and oxygen atoms in total. The Labute approximate surface area is 128 Å². The quantitative estimate of drug-likeness (QED) is 0.890. The van der Waals surface area contributed by atoms with Gasteiger partial charge >= 0.3 is 0 Å². The molecule has 0 fully saturated rings. The summed E-state index contributed by atoms with van der Waals surface area (Å²) in [7, 11) is 1.97. The van der Waals surface area contributed by atoms with Crippen molar-refractivity contribution in [2.24, 2.45) is 5.73 Å². The van der Waals surface area contributed by atoms with Crippen LogP contribution in [0.4, 0.5) is 5.95 Å². The molecule has 1 unspecified atom stereocenters. The zero-order valence-corrected chi connectivity index (χ0v) is 13.3. The van der Waals surface area contributed by atoms with Crippen LogP contribution in [0.5, 0.6) is 0 Å². The minimum atomic E-state index is 0.176. The lowest BCUT2D eigenvalue weighted by Gasteiger charge is -2.16. The number of aromatic nitrogens is 2. The van der Waals surface area contributed by atoms with Crippen LogP contribution in [0.2, 0.25) is 4.34 Å². The molecular formula is C14H19ClN4S. The van der Waals surface area contributed by atoms with E-state index in [0.717, 1.165) is 29.3 Å². The molecule has 2 aromatic rings. The summed E-state index contributed by atoms with van der Waals surface area (Å²) in [6.45, 7) is 2.84. The Morgan fingerprint density at radius 2 is 2.05 bits per heavy atom. The molecule has 6 heteroatoms. The predicted octanol–water partition coefficient (Wildman–Crippen LogP) is 3.11. The van der Waals surface area contributed by atoms with Gasteiger partial charge in [-0.15, -0.1) is 11.3 Å². The number of hydrogen-bond acceptors (Lipinski definition) is 5. The van der Waals surface area contributed by atoms with E-state index in [0.29, 0.717) is 5.95 Å². The molecule has 2 rings (SSSR count). The second-order valence-electron chi connectivity index (χ2n) is 4.83. The molecular weight excluding hydrogens is 292 g/mol. The van der Waals surface area contributed by atoms with Gasteiger partial charge in [-0.3, -0.25) is 0 Å². The molecule has 2 N–H and O–H groups in total. The van der Waals surface area contributed by atoms with Gasteiger partial charge < -0.3 is 10.6 Å². The highest BCUT2D eigenvalue weighted by atomic mass is 35.5. The van der Waals surface area contributed by atoms with E-state index < -0.39 is 0 Å². The van der Waals surface area contributed by atoms with Gasteiger partial charge in [-0.25, -0.2) is 9.97 Å². The van der Waals surface area contributed by atoms with Crippen molar-refractivity contribution in [1.29, 1.82) is 0 Å². The Kier molecular flexibility index (Phi) is 5.34. The van der Waals surface area contributed by atoms with Crippen molar-refractivity contribution in [2.75, 3.05) is 11.9 Å². The number of nitrogens with two attached hydrogens (primary N) is 1. The van der Waals surface area contributed by atoms with Gasteiger partial charge in [0.2, 0.25) is 5.95 Å². The normalized spacial score (nSPS) is 12.4. The van der Waals surface area contributed by atoms with Crippen molar-refractivity contribution in [1.82, 2.24) is 9.97 Å². The fraction of sp³-hybridized carbons (Fsp3) is 0.429. The van der Waals surface area contributed by atoms with Gasteiger partial charge in [-0.1, -0.05) is 18.5 Å². The van der Waals surface area contributed by atoms with Crippen molar-refractivity contribution in [3.63, 3.8) is 0 Å². The fourth-order valence-electron chi connectivity index (χ4n) is 1.84. The first kappa shape index (κ1) is 15.2. The minimum Gasteiger partial charge on any atom is -0.339 e. The molecule has 0 saturated carbocycles. The zero-order valence-electron chi connectivity index (χ0n) is 11.7. The van der Waals surface area contributed by atoms with Crippen LogP contribution in [0.1, 0.15) is 23.8 Å². The zero-order chi connectivity index (χ0) is 14.5. The van der Waals surface area contributed by atoms with Crippen LogP contribution in [0.25, 0.3) is 0 Å². The molecule has 0 spiro atoms. The Bertz CT molecular complexity index is 540. The third-order valence-corrected chi connectivity index (χ3v) is 4.29. The molecule has 2 aromatic heterocycles. The summed E-state index contributed by atoms with van der Waals surface area (Å²) in [4.78, 5) is 12.0. The van der Waals surface area contributed by atoms with Crippen LogP contribution in [0.3, 0.4) is 0 Å². The Morgan fingerprint density at radius 1 is 1.35 bits per heavy atom. The SMILES string of the molecule is CCC(N)Cc1cnc(N(C)Cc2ccc(Cl)s2)nc1. The summed E-state index contributed by atoms with van der Waals surface area (Å²) < 4.78 is 0.804. The van der Waals surface area contributed by atoms with Crippen molar-refractivity contribution < 1.29 is 0 Å². The Morgan fingerprint density at radius 3 is 2.60 bits per heavy atom. The summed E-state index contributed by atoms with van der Waals surface area (Å²) in [5.41, 5.74) is 7.01. The average molecular weight is 311 g/mol. The highest BCUT2D eigenvalue weighted by molar-refractivity contribution is 7.16. The first-order chi connectivity index (χ1) is 9.58. The van der Waals surface area contributed by atoms with Gasteiger partial charge in [0.25, 0.3) is 0 Å². The summed E-state index contributed by atoms with van der Waals surface area (Å²) in [6, 6.07) is 4.11. The van der Waals surface area contributed by atoms with E-state index in [1.807, 2.05) is 36.5 Å². The second kappa shape index (κ2) is 7.02. The first-order valence-corrected chi connectivity index (χ1v) is 7.79. The molecule has 0 aliphatic heterocycles. The van der Waals surface area contributed by atoms with Crippen LogP contribution in [-0.2, 0) is 13.0 Å². The average Bonchev–Trinajstić information content (AvgIpc) is 2.84. The molecule has 0 amide bonds. The third-order valence-electron chi connectivity index (χ3n) is 3.08. The molecule has 0 radical (unpaired) electrons. The standard InChI is InChI=1S/C14H19ClN4S/c1-3-11(16)6-10-7-17-14(18-8-10)19(2)9-12-4-5-13(15)20-12/h4-5,7-8,11H,3,6,9,16H2,1-2H3. The molecule has 1 atom stereocenters. The number of thiophene rings is 1. The predicted molar refractivity (Wildman–Crippen MR) is 85.4 cm³/mol. The summed E-state index contributed by atoms with van der Waals surface area (Å²) in [5, 5.41) is 0. The number of anilines is 1. The molecule has 0 aliphatic carbocycles. The van der Waals surface area contributed by atoms with Gasteiger partial charge in [0, 0.05) is 30.4 Å². The van der Waals surface area contributed by atoms with E-state index in [9.17, 15) is 0 Å². The van der Waals surface area contributed by atoms with E-state index in [2.05, 4.69) is 16.9 Å². The molecule has 2 heterocycles. The molecule has 108 valence electrons. The van der Waals surface area contributed by atoms with E-state index in [1.54, 1.807) is 11.3 Å². The Hall–Kier alpha value is -1.17. The highest BCUT2D eigenvalue weighted by Crippen LogP contribution is 2.23. The van der Waals surface area contributed by atoms with Crippen LogP contribution in [-0.4, -0.2) is 23.1 Å². The second-order valence-corrected chi connectivity index (χ2v) is 6.63. The van der Waals surface area contributed by atoms with E-state index >= 15 is 0 Å². The largest absolute Gasteiger partial charge is 0.339 e. The summed E-state index contributed by atoms with van der Waals surface area (Å²) in [5.74, 6) is 0.711. The lowest BCUT2D eigenvalue weighted by molar-refractivity contribution is 0.643. The van der Waals surface area contributed by atoms with Crippen LogP contribution in [0, 0.1) is 0 Å². The van der Waals surface area contributed by atoms with E-state index in [4.69, 9.17) is 17.3 Å². The van der Waals surface area contributed by atoms with Crippen molar-refractivity contribution in [2.45, 2.75) is 32.4 Å². The van der Waals surface area contributed by atoms with Crippen molar-refractivity contribution in [3.05, 3.63) is 39.3 Å². The number of halogens is 1. The third kappa shape index (κ3) is 4.16. The van der Waals surface area contributed by atoms with Gasteiger partial charge in [0.1, 0.15) is 0 Å². The summed E-state index contributed by atoms with van der Waals surface area (Å²) in [6.07, 6.45) is 5.49. The van der Waals surface area contributed by atoms with E-state index in [1.165, 1.54) is 4.88 Å². The number of hydrogen-bond donors (Lipinski definition) is 1. The maximum absolute atomic E-state index is 5.93. The number of nitrogens with zero attached hydrogens (tertiary/aromatic N) is 3. The molecule has 0 aliphatic rings. The van der Waals surface area contributed by atoms with Crippen molar-refractivity contribution >= 4 is 28.9 Å².